The number of nitrogens with zero attached hydrogens (tertiary/aromatic N) is 4. The molecule has 0 saturated carbocycles. The van der Waals surface area contributed by atoms with Gasteiger partial charge in [-0.3, -0.25) is 19.7 Å². The van der Waals surface area contributed by atoms with Gasteiger partial charge in [0, 0.05) is 55.8 Å². The highest BCUT2D eigenvalue weighted by molar-refractivity contribution is 5.97. The van der Waals surface area contributed by atoms with E-state index in [0.29, 0.717) is 23.4 Å². The van der Waals surface area contributed by atoms with Crippen molar-refractivity contribution in [2.75, 3.05) is 12.4 Å². The Kier molecular flexibility index (Phi) is 6.76. The predicted molar refractivity (Wildman–Crippen MR) is 116 cm³/mol. The maximum absolute atomic E-state index is 13.0. The highest BCUT2D eigenvalue weighted by Crippen LogP contribution is 2.25. The number of nitrogens with one attached hydrogen (secondary N) is 1. The summed E-state index contributed by atoms with van der Waals surface area (Å²) in [6.45, 7) is 2.31. The van der Waals surface area contributed by atoms with Crippen LogP contribution in [0.2, 0.25) is 0 Å². The van der Waals surface area contributed by atoms with Gasteiger partial charge in [-0.1, -0.05) is 18.2 Å². The van der Waals surface area contributed by atoms with Gasteiger partial charge in [0.15, 0.2) is 0 Å². The maximum Gasteiger partial charge on any atom is 0.269 e. The van der Waals surface area contributed by atoms with Gasteiger partial charge in [0.1, 0.15) is 0 Å². The average molecular weight is 421 g/mol. The monoisotopic (exact) mass is 421 g/mol. The van der Waals surface area contributed by atoms with Crippen molar-refractivity contribution in [1.29, 1.82) is 0 Å². The third kappa shape index (κ3) is 5.53. The highest BCUT2D eigenvalue weighted by atomic mass is 16.6. The molecule has 0 fully saturated rings. The molecule has 1 heterocycles. The Bertz CT molecular complexity index is 1080. The number of benzene rings is 2. The van der Waals surface area contributed by atoms with Crippen LogP contribution in [-0.4, -0.2) is 38.2 Å². The summed E-state index contributed by atoms with van der Waals surface area (Å²) in [5.74, 6) is -0.426. The molecule has 0 spiro atoms. The molecule has 0 aliphatic heterocycles. The normalized spacial score (nSPS) is 11.5. The molecule has 0 radical (unpaired) electrons. The molecule has 0 aliphatic carbocycles. The average Bonchev–Trinajstić information content (AvgIpc) is 3.30. The van der Waals surface area contributed by atoms with E-state index >= 15 is 0 Å². The lowest BCUT2D eigenvalue weighted by atomic mass is 10.1. The summed E-state index contributed by atoms with van der Waals surface area (Å²) in [5, 5.41) is 13.8. The number of nitro benzene ring substituents is 1. The third-order valence-corrected chi connectivity index (χ3v) is 5.01. The van der Waals surface area contributed by atoms with Crippen LogP contribution in [0.15, 0.2) is 67.3 Å². The predicted octanol–water partition coefficient (Wildman–Crippen LogP) is 3.65. The van der Waals surface area contributed by atoms with Gasteiger partial charge in [0.25, 0.3) is 11.6 Å². The lowest BCUT2D eigenvalue weighted by Crippen LogP contribution is -2.29. The molecule has 9 heteroatoms. The zero-order chi connectivity index (χ0) is 22.4. The number of amides is 2. The fourth-order valence-electron chi connectivity index (χ4n) is 3.10. The van der Waals surface area contributed by atoms with Crippen molar-refractivity contribution in [3.8, 4) is 0 Å². The van der Waals surface area contributed by atoms with Gasteiger partial charge in [0.2, 0.25) is 5.91 Å². The lowest BCUT2D eigenvalue weighted by Gasteiger charge is -2.25. The molecule has 1 aromatic heterocycles. The van der Waals surface area contributed by atoms with Crippen LogP contribution in [0.4, 0.5) is 11.4 Å². The smallest absolute Gasteiger partial charge is 0.269 e. The van der Waals surface area contributed by atoms with Gasteiger partial charge >= 0.3 is 0 Å². The van der Waals surface area contributed by atoms with Crippen LogP contribution in [0, 0.1) is 10.1 Å². The molecule has 1 unspecified atom stereocenters. The van der Waals surface area contributed by atoms with Crippen molar-refractivity contribution >= 4 is 23.2 Å². The molecule has 0 saturated heterocycles. The Morgan fingerprint density at radius 2 is 2.00 bits per heavy atom. The number of rotatable bonds is 8. The van der Waals surface area contributed by atoms with Gasteiger partial charge in [-0.15, -0.1) is 0 Å². The summed E-state index contributed by atoms with van der Waals surface area (Å²) in [4.78, 5) is 41.2. The van der Waals surface area contributed by atoms with Crippen molar-refractivity contribution in [3.05, 3.63) is 88.5 Å². The van der Waals surface area contributed by atoms with Crippen molar-refractivity contribution in [2.45, 2.75) is 25.9 Å². The second-order valence-corrected chi connectivity index (χ2v) is 7.12. The van der Waals surface area contributed by atoms with Gasteiger partial charge in [0.05, 0.1) is 17.3 Å². The number of aromatic nitrogens is 2. The highest BCUT2D eigenvalue weighted by Gasteiger charge is 2.21. The minimum atomic E-state index is -0.461. The number of nitro groups is 1. The van der Waals surface area contributed by atoms with Crippen LogP contribution in [0.1, 0.15) is 35.3 Å². The van der Waals surface area contributed by atoms with Crippen LogP contribution in [0.5, 0.6) is 0 Å². The summed E-state index contributed by atoms with van der Waals surface area (Å²) in [7, 11) is 1.64. The summed E-state index contributed by atoms with van der Waals surface area (Å²) in [5.41, 5.74) is 1.57. The van der Waals surface area contributed by atoms with Gasteiger partial charge in [-0.05, 0) is 30.7 Å². The maximum atomic E-state index is 13.0. The van der Waals surface area contributed by atoms with Crippen molar-refractivity contribution in [3.63, 3.8) is 0 Å². The zero-order valence-electron chi connectivity index (χ0n) is 17.3. The SMILES string of the molecule is CC(c1cccc([N+](=O)[O-])c1)N(C)C(=O)c1cccc(NC(=O)CCn2ccnc2)c1. The first-order valence-electron chi connectivity index (χ1n) is 9.72. The largest absolute Gasteiger partial charge is 0.337 e. The topological polar surface area (TPSA) is 110 Å². The second-order valence-electron chi connectivity index (χ2n) is 7.12. The van der Waals surface area contributed by atoms with Crippen LogP contribution in [0.3, 0.4) is 0 Å². The molecule has 1 atom stereocenters. The molecule has 2 aromatic carbocycles. The van der Waals surface area contributed by atoms with Gasteiger partial charge in [-0.2, -0.15) is 0 Å². The van der Waals surface area contributed by atoms with E-state index in [1.165, 1.54) is 17.0 Å². The number of carbonyl (C=O) groups is 2. The molecule has 9 nitrogen and oxygen atoms in total. The van der Waals surface area contributed by atoms with E-state index in [2.05, 4.69) is 10.3 Å². The molecule has 31 heavy (non-hydrogen) atoms. The van der Waals surface area contributed by atoms with Gasteiger partial charge < -0.3 is 14.8 Å². The number of hydrogen-bond donors (Lipinski definition) is 1. The van der Waals surface area contributed by atoms with E-state index in [1.54, 1.807) is 69.1 Å². The van der Waals surface area contributed by atoms with Crippen LogP contribution in [0.25, 0.3) is 0 Å². The van der Waals surface area contributed by atoms with Crippen LogP contribution >= 0.6 is 0 Å². The molecular weight excluding hydrogens is 398 g/mol. The Labute approximate surface area is 179 Å². The summed E-state index contributed by atoms with van der Waals surface area (Å²) < 4.78 is 1.81. The van der Waals surface area contributed by atoms with Gasteiger partial charge in [-0.25, -0.2) is 4.98 Å². The minimum Gasteiger partial charge on any atom is -0.337 e. The summed E-state index contributed by atoms with van der Waals surface area (Å²) >= 11 is 0. The van der Waals surface area contributed by atoms with Crippen LogP contribution in [-0.2, 0) is 11.3 Å². The Hall–Kier alpha value is -4.01. The third-order valence-electron chi connectivity index (χ3n) is 5.01. The minimum absolute atomic E-state index is 0.0226. The molecular formula is C22H23N5O4. The Morgan fingerprint density at radius 1 is 1.23 bits per heavy atom. The van der Waals surface area contributed by atoms with E-state index in [-0.39, 0.29) is 30.0 Å². The Balaban J connectivity index is 1.66. The van der Waals surface area contributed by atoms with Crippen molar-refractivity contribution in [2.24, 2.45) is 0 Å². The number of imidazole rings is 1. The molecule has 2 amide bonds. The van der Waals surface area contributed by atoms with E-state index in [4.69, 9.17) is 0 Å². The summed E-state index contributed by atoms with van der Waals surface area (Å²) in [6.07, 6.45) is 5.35. The van der Waals surface area contributed by atoms with E-state index < -0.39 is 4.92 Å². The summed E-state index contributed by atoms with van der Waals surface area (Å²) in [6, 6.07) is 12.6. The number of aryl methyl sites for hydroxylation is 1. The zero-order valence-corrected chi connectivity index (χ0v) is 17.3. The van der Waals surface area contributed by atoms with E-state index in [0.717, 1.165) is 0 Å². The van der Waals surface area contributed by atoms with Crippen LogP contribution < -0.4 is 5.32 Å². The first-order valence-corrected chi connectivity index (χ1v) is 9.72. The number of hydrogen-bond acceptors (Lipinski definition) is 5. The number of anilines is 1. The standard InChI is InChI=1S/C22H23N5O4/c1-16(17-5-4-8-20(14-17)27(30)31)25(2)22(29)18-6-3-7-19(13-18)24-21(28)9-11-26-12-10-23-15-26/h3-8,10,12-16H,9,11H2,1-2H3,(H,24,28). The number of non-ortho nitro benzene ring substituents is 1. The molecule has 160 valence electrons. The fraction of sp³-hybridized carbons (Fsp3) is 0.227. The van der Waals surface area contributed by atoms with E-state index in [1.807, 2.05) is 4.57 Å². The van der Waals surface area contributed by atoms with Crippen molar-refractivity contribution < 1.29 is 14.5 Å². The first-order chi connectivity index (χ1) is 14.8. The quantitative estimate of drug-likeness (QED) is 0.441. The lowest BCUT2D eigenvalue weighted by molar-refractivity contribution is -0.384. The fourth-order valence-corrected chi connectivity index (χ4v) is 3.10. The number of carbonyl (C=O) groups excluding carboxylic acids is 2. The molecule has 3 rings (SSSR count). The first kappa shape index (κ1) is 21.7. The van der Waals surface area contributed by atoms with E-state index in [9.17, 15) is 19.7 Å². The Morgan fingerprint density at radius 3 is 2.71 bits per heavy atom. The molecule has 0 aliphatic rings. The molecule has 0 bridgehead atoms. The van der Waals surface area contributed by atoms with Crippen molar-refractivity contribution in [1.82, 2.24) is 14.5 Å². The molecule has 3 aromatic rings. The molecule has 1 N–H and O–H groups in total. The second kappa shape index (κ2) is 9.66.